The summed E-state index contributed by atoms with van der Waals surface area (Å²) in [7, 11) is 0. The smallest absolute Gasteiger partial charge is 0.351 e. The Hall–Kier alpha value is -1.93. The van der Waals surface area contributed by atoms with Crippen LogP contribution in [0.5, 0.6) is 0 Å². The van der Waals surface area contributed by atoms with Crippen LogP contribution in [-0.4, -0.2) is 29.8 Å². The average Bonchev–Trinajstić information content (AvgIpc) is 2.95. The molecule has 0 atom stereocenters. The number of hydrogen-bond donors (Lipinski definition) is 0. The number of hydrogen-bond acceptors (Lipinski definition) is 5. The fourth-order valence-electron chi connectivity index (χ4n) is 2.13. The molecule has 1 fully saturated rings. The molecule has 0 saturated carbocycles. The zero-order valence-corrected chi connectivity index (χ0v) is 13.7. The highest BCUT2D eigenvalue weighted by atomic mass is 32.2. The van der Waals surface area contributed by atoms with Gasteiger partial charge in [0.15, 0.2) is 5.57 Å². The van der Waals surface area contributed by atoms with Gasteiger partial charge in [-0.15, -0.1) is 11.8 Å². The molecule has 1 aromatic rings. The third-order valence-corrected chi connectivity index (χ3v) is 4.30. The molecule has 1 aliphatic heterocycles. The SMILES string of the molecule is CC(C)COC(=O)/C(C#N)=C1\SCCN1Cc1ccccc1. The predicted molar refractivity (Wildman–Crippen MR) is 87.7 cm³/mol. The van der Waals surface area contributed by atoms with E-state index in [0.29, 0.717) is 13.2 Å². The summed E-state index contributed by atoms with van der Waals surface area (Å²) in [6.45, 7) is 5.81. The van der Waals surface area contributed by atoms with Crippen molar-refractivity contribution in [2.45, 2.75) is 20.4 Å². The number of benzene rings is 1. The highest BCUT2D eigenvalue weighted by Crippen LogP contribution is 2.32. The third kappa shape index (κ3) is 4.28. The van der Waals surface area contributed by atoms with E-state index >= 15 is 0 Å². The van der Waals surface area contributed by atoms with Crippen molar-refractivity contribution in [3.63, 3.8) is 0 Å². The molecule has 0 radical (unpaired) electrons. The Morgan fingerprint density at radius 2 is 2.14 bits per heavy atom. The van der Waals surface area contributed by atoms with Gasteiger partial charge in [-0.25, -0.2) is 4.79 Å². The molecule has 0 aliphatic carbocycles. The number of carbonyl (C=O) groups is 1. The van der Waals surface area contributed by atoms with Gasteiger partial charge in [0.05, 0.1) is 11.6 Å². The Morgan fingerprint density at radius 3 is 2.77 bits per heavy atom. The van der Waals surface area contributed by atoms with E-state index in [-0.39, 0.29) is 11.5 Å². The zero-order chi connectivity index (χ0) is 15.9. The van der Waals surface area contributed by atoms with Gasteiger partial charge in [0.25, 0.3) is 0 Å². The van der Waals surface area contributed by atoms with Crippen molar-refractivity contribution in [3.05, 3.63) is 46.5 Å². The number of nitrogens with zero attached hydrogens (tertiary/aromatic N) is 2. The summed E-state index contributed by atoms with van der Waals surface area (Å²) in [6.07, 6.45) is 0. The van der Waals surface area contributed by atoms with E-state index in [2.05, 4.69) is 4.90 Å². The quantitative estimate of drug-likeness (QED) is 0.474. The second-order valence-electron chi connectivity index (χ2n) is 5.54. The van der Waals surface area contributed by atoms with Crippen molar-refractivity contribution in [2.24, 2.45) is 5.92 Å². The van der Waals surface area contributed by atoms with Crippen LogP contribution in [0.1, 0.15) is 19.4 Å². The Labute approximate surface area is 135 Å². The first-order valence-electron chi connectivity index (χ1n) is 7.35. The summed E-state index contributed by atoms with van der Waals surface area (Å²) < 4.78 is 5.21. The summed E-state index contributed by atoms with van der Waals surface area (Å²) in [5.74, 6) is 0.620. The van der Waals surface area contributed by atoms with Crippen LogP contribution in [0.15, 0.2) is 40.9 Å². The highest BCUT2D eigenvalue weighted by Gasteiger charge is 2.26. The topological polar surface area (TPSA) is 53.3 Å². The van der Waals surface area contributed by atoms with E-state index in [4.69, 9.17) is 4.74 Å². The van der Waals surface area contributed by atoms with E-state index in [9.17, 15) is 10.1 Å². The standard InChI is InChI=1S/C17H20N2O2S/c1-13(2)12-21-17(20)15(10-18)16-19(8-9-22-16)11-14-6-4-3-5-7-14/h3-7,13H,8-9,11-12H2,1-2H3/b16-15-. The number of rotatable bonds is 5. The van der Waals surface area contributed by atoms with Crippen molar-refractivity contribution in [1.29, 1.82) is 5.26 Å². The minimum atomic E-state index is -0.515. The van der Waals surface area contributed by atoms with E-state index in [1.54, 1.807) is 11.8 Å². The van der Waals surface area contributed by atoms with Crippen LogP contribution in [0, 0.1) is 17.2 Å². The van der Waals surface area contributed by atoms with Crippen LogP contribution < -0.4 is 0 Å². The van der Waals surface area contributed by atoms with Gasteiger partial charge in [0.2, 0.25) is 0 Å². The monoisotopic (exact) mass is 316 g/mol. The summed E-state index contributed by atoms with van der Waals surface area (Å²) in [6, 6.07) is 12.1. The van der Waals surface area contributed by atoms with Gasteiger partial charge in [-0.2, -0.15) is 5.26 Å². The van der Waals surface area contributed by atoms with Crippen molar-refractivity contribution >= 4 is 17.7 Å². The molecule has 1 saturated heterocycles. The number of thioether (sulfide) groups is 1. The largest absolute Gasteiger partial charge is 0.461 e. The zero-order valence-electron chi connectivity index (χ0n) is 12.9. The lowest BCUT2D eigenvalue weighted by Crippen LogP contribution is -2.21. The summed E-state index contributed by atoms with van der Waals surface area (Å²) in [5, 5.41) is 10.1. The Kier molecular flexibility index (Phi) is 5.91. The van der Waals surface area contributed by atoms with Gasteiger partial charge in [-0.3, -0.25) is 0 Å². The van der Waals surface area contributed by atoms with Crippen LogP contribution in [-0.2, 0) is 16.1 Å². The molecule has 22 heavy (non-hydrogen) atoms. The summed E-state index contributed by atoms with van der Waals surface area (Å²) >= 11 is 1.55. The second-order valence-corrected chi connectivity index (χ2v) is 6.62. The summed E-state index contributed by atoms with van der Waals surface area (Å²) in [4.78, 5) is 14.2. The molecule has 2 rings (SSSR count). The van der Waals surface area contributed by atoms with Gasteiger partial charge >= 0.3 is 5.97 Å². The van der Waals surface area contributed by atoms with Gasteiger partial charge in [0, 0.05) is 18.8 Å². The lowest BCUT2D eigenvalue weighted by Gasteiger charge is -2.20. The minimum Gasteiger partial charge on any atom is -0.461 e. The fourth-order valence-corrected chi connectivity index (χ4v) is 3.24. The second kappa shape index (κ2) is 7.90. The van der Waals surface area contributed by atoms with Crippen LogP contribution in [0.2, 0.25) is 0 Å². The van der Waals surface area contributed by atoms with E-state index in [1.807, 2.05) is 50.2 Å². The van der Waals surface area contributed by atoms with E-state index < -0.39 is 5.97 Å². The van der Waals surface area contributed by atoms with Gasteiger partial charge in [-0.05, 0) is 11.5 Å². The molecular weight excluding hydrogens is 296 g/mol. The maximum Gasteiger partial charge on any atom is 0.351 e. The molecule has 116 valence electrons. The van der Waals surface area contributed by atoms with Crippen molar-refractivity contribution in [3.8, 4) is 6.07 Å². The number of esters is 1. The molecular formula is C17H20N2O2S. The van der Waals surface area contributed by atoms with E-state index in [1.165, 1.54) is 0 Å². The number of carbonyl (C=O) groups excluding carboxylic acids is 1. The molecule has 1 heterocycles. The average molecular weight is 316 g/mol. The van der Waals surface area contributed by atoms with Crippen molar-refractivity contribution < 1.29 is 9.53 Å². The molecule has 0 unspecified atom stereocenters. The van der Waals surface area contributed by atoms with Crippen LogP contribution in [0.25, 0.3) is 0 Å². The number of ether oxygens (including phenoxy) is 1. The van der Waals surface area contributed by atoms with Gasteiger partial charge in [0.1, 0.15) is 6.07 Å². The first-order chi connectivity index (χ1) is 10.6. The summed E-state index contributed by atoms with van der Waals surface area (Å²) in [5.41, 5.74) is 1.29. The molecule has 0 amide bonds. The normalized spacial score (nSPS) is 16.5. The molecule has 0 spiro atoms. The van der Waals surface area contributed by atoms with Crippen molar-refractivity contribution in [1.82, 2.24) is 4.90 Å². The molecule has 5 heteroatoms. The fraction of sp³-hybridized carbons (Fsp3) is 0.412. The van der Waals surface area contributed by atoms with Crippen molar-refractivity contribution in [2.75, 3.05) is 18.9 Å². The van der Waals surface area contributed by atoms with Crippen LogP contribution in [0.4, 0.5) is 0 Å². The third-order valence-electron chi connectivity index (χ3n) is 3.18. The maximum atomic E-state index is 12.1. The predicted octanol–water partition coefficient (Wildman–Crippen LogP) is 3.17. The Bertz CT molecular complexity index is 590. The lowest BCUT2D eigenvalue weighted by molar-refractivity contribution is -0.139. The van der Waals surface area contributed by atoms with Gasteiger partial charge < -0.3 is 9.64 Å². The Balaban J connectivity index is 2.15. The lowest BCUT2D eigenvalue weighted by atomic mass is 10.2. The molecule has 0 bridgehead atoms. The highest BCUT2D eigenvalue weighted by molar-refractivity contribution is 8.03. The first kappa shape index (κ1) is 16.4. The first-order valence-corrected chi connectivity index (χ1v) is 8.33. The van der Waals surface area contributed by atoms with E-state index in [0.717, 1.165) is 22.9 Å². The van der Waals surface area contributed by atoms with Crippen LogP contribution >= 0.6 is 11.8 Å². The Morgan fingerprint density at radius 1 is 1.41 bits per heavy atom. The molecule has 1 aromatic carbocycles. The molecule has 0 N–H and O–H groups in total. The molecule has 0 aromatic heterocycles. The van der Waals surface area contributed by atoms with Gasteiger partial charge in [-0.1, -0.05) is 44.2 Å². The maximum absolute atomic E-state index is 12.1. The van der Waals surface area contributed by atoms with Crippen LogP contribution in [0.3, 0.4) is 0 Å². The molecule has 1 aliphatic rings. The minimum absolute atomic E-state index is 0.124. The molecule has 4 nitrogen and oxygen atoms in total. The number of nitriles is 1.